The Morgan fingerprint density at radius 3 is 2.67 bits per heavy atom. The number of imidazole rings is 1. The fourth-order valence-electron chi connectivity index (χ4n) is 3.42. The van der Waals surface area contributed by atoms with E-state index in [0.717, 1.165) is 73.4 Å². The van der Waals surface area contributed by atoms with Crippen molar-refractivity contribution >= 4 is 11.6 Å². The van der Waals surface area contributed by atoms with Gasteiger partial charge < -0.3 is 14.5 Å². The van der Waals surface area contributed by atoms with Crippen molar-refractivity contribution in [1.82, 2.24) is 14.9 Å². The van der Waals surface area contributed by atoms with Gasteiger partial charge in [-0.2, -0.15) is 0 Å². The summed E-state index contributed by atoms with van der Waals surface area (Å²) in [7, 11) is 0. The lowest BCUT2D eigenvalue weighted by molar-refractivity contribution is 0.0434. The topological polar surface area (TPSA) is 50.4 Å². The summed E-state index contributed by atoms with van der Waals surface area (Å²) in [4.78, 5) is 10.7. The SMILES string of the molecule is C/C=C(\C=C/CN1CCOCC1)c1nc(-c2ccc(/C=C/COCC)cc2)[nH]c1C. The van der Waals surface area contributed by atoms with Gasteiger partial charge in [0.1, 0.15) is 5.82 Å². The molecule has 30 heavy (non-hydrogen) atoms. The van der Waals surface area contributed by atoms with Gasteiger partial charge in [-0.3, -0.25) is 4.90 Å². The maximum absolute atomic E-state index is 5.41. The van der Waals surface area contributed by atoms with Crippen LogP contribution in [0.15, 0.2) is 48.6 Å². The molecule has 0 saturated carbocycles. The van der Waals surface area contributed by atoms with Crippen LogP contribution in [0.1, 0.15) is 30.8 Å². The summed E-state index contributed by atoms with van der Waals surface area (Å²) in [6.07, 6.45) is 10.6. The smallest absolute Gasteiger partial charge is 0.138 e. The zero-order chi connectivity index (χ0) is 21.2. The Bertz CT molecular complexity index is 872. The van der Waals surface area contributed by atoms with Gasteiger partial charge in [0.05, 0.1) is 25.5 Å². The van der Waals surface area contributed by atoms with E-state index in [2.05, 4.69) is 72.3 Å². The maximum Gasteiger partial charge on any atom is 0.138 e. The molecule has 1 aromatic heterocycles. The summed E-state index contributed by atoms with van der Waals surface area (Å²) in [5.41, 5.74) is 5.46. The Kier molecular flexibility index (Phi) is 8.63. The average molecular weight is 408 g/mol. The molecule has 1 saturated heterocycles. The normalized spacial score (nSPS) is 16.2. The molecule has 0 amide bonds. The minimum atomic E-state index is 0.643. The Hall–Kier alpha value is -2.47. The Morgan fingerprint density at radius 2 is 1.97 bits per heavy atom. The number of hydrogen-bond acceptors (Lipinski definition) is 4. The molecule has 160 valence electrons. The monoisotopic (exact) mass is 407 g/mol. The van der Waals surface area contributed by atoms with Crippen molar-refractivity contribution in [2.45, 2.75) is 20.8 Å². The summed E-state index contributed by atoms with van der Waals surface area (Å²) in [5, 5.41) is 0. The summed E-state index contributed by atoms with van der Waals surface area (Å²) in [6.45, 7) is 12.1. The second-order valence-electron chi connectivity index (χ2n) is 7.30. The lowest BCUT2D eigenvalue weighted by atomic mass is 10.1. The minimum absolute atomic E-state index is 0.643. The highest BCUT2D eigenvalue weighted by molar-refractivity contribution is 5.75. The third kappa shape index (κ3) is 6.26. The van der Waals surface area contributed by atoms with E-state index in [1.54, 1.807) is 0 Å². The highest BCUT2D eigenvalue weighted by Crippen LogP contribution is 2.24. The number of aromatic nitrogens is 2. The Balaban J connectivity index is 1.66. The zero-order valence-electron chi connectivity index (χ0n) is 18.4. The Labute approximate surface area is 180 Å². The van der Waals surface area contributed by atoms with Gasteiger partial charge >= 0.3 is 0 Å². The second-order valence-corrected chi connectivity index (χ2v) is 7.30. The van der Waals surface area contributed by atoms with E-state index in [-0.39, 0.29) is 0 Å². The third-order valence-electron chi connectivity index (χ3n) is 5.15. The van der Waals surface area contributed by atoms with E-state index in [0.29, 0.717) is 6.61 Å². The second kappa shape index (κ2) is 11.6. The molecule has 1 aliphatic rings. The van der Waals surface area contributed by atoms with Gasteiger partial charge in [0.2, 0.25) is 0 Å². The molecular weight excluding hydrogens is 374 g/mol. The molecule has 2 heterocycles. The molecule has 0 bridgehead atoms. The van der Waals surface area contributed by atoms with Crippen molar-refractivity contribution in [3.05, 3.63) is 65.5 Å². The van der Waals surface area contributed by atoms with Crippen LogP contribution in [0, 0.1) is 6.92 Å². The number of benzene rings is 1. The number of H-pyrrole nitrogens is 1. The first-order valence-electron chi connectivity index (χ1n) is 10.8. The van der Waals surface area contributed by atoms with Crippen molar-refractivity contribution in [3.8, 4) is 11.4 Å². The van der Waals surface area contributed by atoms with E-state index in [1.807, 2.05) is 13.0 Å². The first kappa shape index (κ1) is 22.2. The van der Waals surface area contributed by atoms with E-state index in [9.17, 15) is 0 Å². The highest BCUT2D eigenvalue weighted by Gasteiger charge is 2.12. The molecule has 5 heteroatoms. The fourth-order valence-corrected chi connectivity index (χ4v) is 3.42. The number of aromatic amines is 1. The van der Waals surface area contributed by atoms with Crippen molar-refractivity contribution in [2.24, 2.45) is 0 Å². The van der Waals surface area contributed by atoms with E-state index >= 15 is 0 Å². The van der Waals surface area contributed by atoms with Gasteiger partial charge in [-0.25, -0.2) is 4.98 Å². The first-order valence-corrected chi connectivity index (χ1v) is 10.8. The average Bonchev–Trinajstić information content (AvgIpc) is 3.17. The van der Waals surface area contributed by atoms with Crippen LogP contribution in [-0.2, 0) is 9.47 Å². The highest BCUT2D eigenvalue weighted by atomic mass is 16.5. The van der Waals surface area contributed by atoms with Crippen LogP contribution in [0.3, 0.4) is 0 Å². The van der Waals surface area contributed by atoms with Crippen LogP contribution >= 0.6 is 0 Å². The van der Waals surface area contributed by atoms with Gasteiger partial charge in [0.15, 0.2) is 0 Å². The van der Waals surface area contributed by atoms with Crippen LogP contribution in [-0.4, -0.2) is 60.9 Å². The van der Waals surface area contributed by atoms with E-state index < -0.39 is 0 Å². The standard InChI is InChI=1S/C25H33N3O2/c1-4-22(9-6-14-28-15-18-30-19-16-28)24-20(3)26-25(27-24)23-12-10-21(11-13-23)8-7-17-29-5-2/h4,6-13H,5,14-19H2,1-3H3,(H,26,27)/b8-7+,9-6-,22-4+. The van der Waals surface area contributed by atoms with Crippen LogP contribution in [0.25, 0.3) is 23.0 Å². The van der Waals surface area contributed by atoms with Crippen molar-refractivity contribution in [1.29, 1.82) is 0 Å². The predicted octanol–water partition coefficient (Wildman–Crippen LogP) is 4.73. The molecule has 0 aliphatic carbocycles. The number of nitrogens with one attached hydrogen (secondary N) is 1. The molecule has 0 spiro atoms. The number of ether oxygens (including phenoxy) is 2. The molecule has 3 rings (SSSR count). The van der Waals surface area contributed by atoms with Gasteiger partial charge in [-0.15, -0.1) is 0 Å². The number of morpholine rings is 1. The fraction of sp³-hybridized carbons (Fsp3) is 0.400. The largest absolute Gasteiger partial charge is 0.379 e. The molecule has 5 nitrogen and oxygen atoms in total. The molecule has 0 unspecified atom stereocenters. The van der Waals surface area contributed by atoms with Crippen molar-refractivity contribution in [3.63, 3.8) is 0 Å². The number of aryl methyl sites for hydroxylation is 1. The molecule has 1 fully saturated rings. The zero-order valence-corrected chi connectivity index (χ0v) is 18.4. The molecule has 0 atom stereocenters. The molecule has 1 N–H and O–H groups in total. The number of nitrogens with zero attached hydrogens (tertiary/aromatic N) is 2. The summed E-state index contributed by atoms with van der Waals surface area (Å²) in [5.74, 6) is 0.897. The molecule has 2 aromatic rings. The van der Waals surface area contributed by atoms with E-state index in [1.165, 1.54) is 0 Å². The summed E-state index contributed by atoms with van der Waals surface area (Å²) >= 11 is 0. The lowest BCUT2D eigenvalue weighted by Crippen LogP contribution is -2.36. The molecule has 1 aromatic carbocycles. The lowest BCUT2D eigenvalue weighted by Gasteiger charge is -2.25. The summed E-state index contributed by atoms with van der Waals surface area (Å²) < 4.78 is 10.8. The third-order valence-corrected chi connectivity index (χ3v) is 5.15. The number of allylic oxidation sites excluding steroid dienone is 3. The van der Waals surface area contributed by atoms with Crippen molar-refractivity contribution < 1.29 is 9.47 Å². The minimum Gasteiger partial charge on any atom is -0.379 e. The van der Waals surface area contributed by atoms with Gasteiger partial charge in [0.25, 0.3) is 0 Å². The van der Waals surface area contributed by atoms with Gasteiger partial charge in [-0.05, 0) is 31.9 Å². The summed E-state index contributed by atoms with van der Waals surface area (Å²) in [6, 6.07) is 8.42. The molecule has 1 aliphatic heterocycles. The van der Waals surface area contributed by atoms with Crippen LogP contribution in [0.4, 0.5) is 0 Å². The Morgan fingerprint density at radius 1 is 1.20 bits per heavy atom. The number of hydrogen-bond donors (Lipinski definition) is 1. The predicted molar refractivity (Wildman–Crippen MR) is 124 cm³/mol. The number of rotatable bonds is 9. The van der Waals surface area contributed by atoms with E-state index in [4.69, 9.17) is 14.5 Å². The van der Waals surface area contributed by atoms with Crippen molar-refractivity contribution in [2.75, 3.05) is 46.1 Å². The molecule has 0 radical (unpaired) electrons. The maximum atomic E-state index is 5.41. The van der Waals surface area contributed by atoms with Crippen LogP contribution < -0.4 is 0 Å². The van der Waals surface area contributed by atoms with Crippen LogP contribution in [0.5, 0.6) is 0 Å². The van der Waals surface area contributed by atoms with Gasteiger partial charge in [0, 0.05) is 37.5 Å². The van der Waals surface area contributed by atoms with Gasteiger partial charge in [-0.1, -0.05) is 54.6 Å². The quantitative estimate of drug-likeness (QED) is 0.482. The first-order chi connectivity index (χ1) is 14.7. The van der Waals surface area contributed by atoms with Crippen LogP contribution in [0.2, 0.25) is 0 Å². The molecular formula is C25H33N3O2.